The molecule has 2 aliphatic rings. The first kappa shape index (κ1) is 17.4. The van der Waals surface area contributed by atoms with Crippen LogP contribution in [0.2, 0.25) is 0 Å². The minimum atomic E-state index is -0.807. The van der Waals surface area contributed by atoms with Gasteiger partial charge in [0.05, 0.1) is 11.1 Å². The molecule has 0 radical (unpaired) electrons. The van der Waals surface area contributed by atoms with Gasteiger partial charge in [0.2, 0.25) is 5.91 Å². The lowest BCUT2D eigenvalue weighted by Crippen LogP contribution is -2.49. The van der Waals surface area contributed by atoms with Gasteiger partial charge < -0.3 is 10.6 Å². The molecule has 3 rings (SSSR count). The average molecular weight is 338 g/mol. The first-order valence-corrected chi connectivity index (χ1v) is 7.43. The van der Waals surface area contributed by atoms with Crippen molar-refractivity contribution in [2.45, 2.75) is 32.4 Å². The van der Waals surface area contributed by atoms with Crippen LogP contribution in [0.4, 0.5) is 0 Å². The predicted octanol–water partition coefficient (Wildman–Crippen LogP) is 0.961. The van der Waals surface area contributed by atoms with E-state index in [1.807, 2.05) is 6.92 Å². The van der Waals surface area contributed by atoms with Gasteiger partial charge in [0.25, 0.3) is 11.8 Å². The van der Waals surface area contributed by atoms with Crippen LogP contribution in [0.15, 0.2) is 18.2 Å². The fraction of sp³-hybridized carbons (Fsp3) is 0.438. The SMILES string of the molecule is Cc1ccc2c(c1)C(=O)N(C(C)C(=O)N1CC[C@@H](N)C1)C2=O.Cl. The molecule has 124 valence electrons. The van der Waals surface area contributed by atoms with E-state index < -0.39 is 17.9 Å². The molecule has 2 heterocycles. The number of carbonyl (C=O) groups is 3. The molecule has 23 heavy (non-hydrogen) atoms. The lowest BCUT2D eigenvalue weighted by molar-refractivity contribution is -0.133. The number of rotatable bonds is 2. The minimum Gasteiger partial charge on any atom is -0.339 e. The van der Waals surface area contributed by atoms with E-state index in [1.165, 1.54) is 0 Å². The topological polar surface area (TPSA) is 83.7 Å². The molecule has 6 nitrogen and oxygen atoms in total. The summed E-state index contributed by atoms with van der Waals surface area (Å²) in [7, 11) is 0. The number of carbonyl (C=O) groups excluding carboxylic acids is 3. The van der Waals surface area contributed by atoms with Crippen LogP contribution in [0.3, 0.4) is 0 Å². The van der Waals surface area contributed by atoms with E-state index in [2.05, 4.69) is 0 Å². The molecular weight excluding hydrogens is 318 g/mol. The third-order valence-corrected chi connectivity index (χ3v) is 4.35. The number of fused-ring (bicyclic) bond motifs is 1. The number of aryl methyl sites for hydroxylation is 1. The van der Waals surface area contributed by atoms with Gasteiger partial charge in [-0.15, -0.1) is 12.4 Å². The van der Waals surface area contributed by atoms with E-state index in [-0.39, 0.29) is 24.4 Å². The average Bonchev–Trinajstić information content (AvgIpc) is 3.01. The molecule has 0 spiro atoms. The van der Waals surface area contributed by atoms with Gasteiger partial charge in [0.15, 0.2) is 0 Å². The van der Waals surface area contributed by atoms with E-state index in [4.69, 9.17) is 5.73 Å². The van der Waals surface area contributed by atoms with Crippen LogP contribution in [0, 0.1) is 6.92 Å². The standard InChI is InChI=1S/C16H19N3O3.ClH/c1-9-3-4-12-13(7-9)16(22)19(15(12)21)10(2)14(20)18-6-5-11(17)8-18;/h3-4,7,10-11H,5-6,8,17H2,1-2H3;1H/t10?,11-;/m1./s1. The molecular formula is C16H20ClN3O3. The highest BCUT2D eigenvalue weighted by molar-refractivity contribution is 6.22. The first-order valence-electron chi connectivity index (χ1n) is 7.43. The lowest BCUT2D eigenvalue weighted by atomic mass is 10.1. The van der Waals surface area contributed by atoms with Gasteiger partial charge >= 0.3 is 0 Å². The van der Waals surface area contributed by atoms with E-state index >= 15 is 0 Å². The highest BCUT2D eigenvalue weighted by Gasteiger charge is 2.42. The number of hydrogen-bond donors (Lipinski definition) is 1. The highest BCUT2D eigenvalue weighted by Crippen LogP contribution is 2.26. The fourth-order valence-electron chi connectivity index (χ4n) is 3.09. The molecule has 1 aromatic carbocycles. The first-order chi connectivity index (χ1) is 10.4. The van der Waals surface area contributed by atoms with Crippen LogP contribution >= 0.6 is 12.4 Å². The van der Waals surface area contributed by atoms with E-state index in [9.17, 15) is 14.4 Å². The zero-order valence-electron chi connectivity index (χ0n) is 13.1. The number of nitrogens with two attached hydrogens (primary N) is 1. The third-order valence-electron chi connectivity index (χ3n) is 4.35. The summed E-state index contributed by atoms with van der Waals surface area (Å²) < 4.78 is 0. The van der Waals surface area contributed by atoms with E-state index in [1.54, 1.807) is 30.0 Å². The van der Waals surface area contributed by atoms with Crippen molar-refractivity contribution in [3.63, 3.8) is 0 Å². The van der Waals surface area contributed by atoms with Crippen molar-refractivity contribution in [3.8, 4) is 0 Å². The second kappa shape index (κ2) is 6.29. The number of hydrogen-bond acceptors (Lipinski definition) is 4. The Balaban J connectivity index is 0.00000192. The van der Waals surface area contributed by atoms with Gasteiger partial charge in [0, 0.05) is 19.1 Å². The lowest BCUT2D eigenvalue weighted by Gasteiger charge is -2.26. The molecule has 0 bridgehead atoms. The number of nitrogens with zero attached hydrogens (tertiary/aromatic N) is 2. The van der Waals surface area contributed by atoms with Gasteiger partial charge in [-0.3, -0.25) is 19.3 Å². The summed E-state index contributed by atoms with van der Waals surface area (Å²) in [6.45, 7) is 4.51. The van der Waals surface area contributed by atoms with Gasteiger partial charge in [-0.2, -0.15) is 0 Å². The Kier molecular flexibility index (Phi) is 4.77. The summed E-state index contributed by atoms with van der Waals surface area (Å²) in [6.07, 6.45) is 0.750. The second-order valence-corrected chi connectivity index (χ2v) is 6.04. The molecule has 0 saturated carbocycles. The molecule has 1 aromatic rings. The second-order valence-electron chi connectivity index (χ2n) is 6.04. The summed E-state index contributed by atoms with van der Waals surface area (Å²) >= 11 is 0. The van der Waals surface area contributed by atoms with Gasteiger partial charge in [-0.05, 0) is 32.4 Å². The summed E-state index contributed by atoms with van der Waals surface area (Å²) in [6, 6.07) is 4.30. The molecule has 2 atom stereocenters. The van der Waals surface area contributed by atoms with E-state index in [0.717, 1.165) is 16.9 Å². The zero-order chi connectivity index (χ0) is 16.0. The molecule has 2 aliphatic heterocycles. The van der Waals surface area contributed by atoms with Crippen LogP contribution in [0.25, 0.3) is 0 Å². The molecule has 3 amide bonds. The summed E-state index contributed by atoms with van der Waals surface area (Å²) in [5.74, 6) is -1.02. The van der Waals surface area contributed by atoms with Gasteiger partial charge in [-0.1, -0.05) is 11.6 Å². The molecule has 2 N–H and O–H groups in total. The molecule has 0 aromatic heterocycles. The van der Waals surface area contributed by atoms with Gasteiger partial charge in [-0.25, -0.2) is 0 Å². The van der Waals surface area contributed by atoms with Crippen molar-refractivity contribution < 1.29 is 14.4 Å². The normalized spacial score (nSPS) is 21.3. The Morgan fingerprint density at radius 3 is 2.52 bits per heavy atom. The summed E-state index contributed by atoms with van der Waals surface area (Å²) in [4.78, 5) is 40.2. The largest absolute Gasteiger partial charge is 0.339 e. The molecule has 7 heteroatoms. The Morgan fingerprint density at radius 2 is 1.91 bits per heavy atom. The van der Waals surface area contributed by atoms with Crippen LogP contribution < -0.4 is 5.73 Å². The monoisotopic (exact) mass is 337 g/mol. The molecule has 1 unspecified atom stereocenters. The maximum absolute atomic E-state index is 12.5. The third kappa shape index (κ3) is 2.84. The molecule has 0 aliphatic carbocycles. The van der Waals surface area contributed by atoms with Crippen molar-refractivity contribution in [1.82, 2.24) is 9.80 Å². The number of amides is 3. The van der Waals surface area contributed by atoms with Crippen LogP contribution in [0.5, 0.6) is 0 Å². The van der Waals surface area contributed by atoms with Crippen molar-refractivity contribution in [1.29, 1.82) is 0 Å². The van der Waals surface area contributed by atoms with Crippen molar-refractivity contribution >= 4 is 30.1 Å². The molecule has 1 saturated heterocycles. The van der Waals surface area contributed by atoms with Crippen LogP contribution in [0.1, 0.15) is 39.6 Å². The van der Waals surface area contributed by atoms with Gasteiger partial charge in [0.1, 0.15) is 6.04 Å². The van der Waals surface area contributed by atoms with Crippen LogP contribution in [-0.2, 0) is 4.79 Å². The van der Waals surface area contributed by atoms with E-state index in [0.29, 0.717) is 24.2 Å². The van der Waals surface area contributed by atoms with Crippen LogP contribution in [-0.4, -0.2) is 52.7 Å². The number of halogens is 1. The quantitative estimate of drug-likeness (QED) is 0.815. The van der Waals surface area contributed by atoms with Crippen molar-refractivity contribution in [3.05, 3.63) is 34.9 Å². The Hall–Kier alpha value is -1.92. The number of likely N-dealkylation sites (tertiary alicyclic amines) is 1. The predicted molar refractivity (Wildman–Crippen MR) is 87.6 cm³/mol. The Labute approximate surface area is 141 Å². The maximum atomic E-state index is 12.5. The number of benzene rings is 1. The Bertz CT molecular complexity index is 677. The summed E-state index contributed by atoms with van der Waals surface area (Å²) in [5.41, 5.74) is 7.47. The molecule has 1 fully saturated rings. The maximum Gasteiger partial charge on any atom is 0.262 e. The summed E-state index contributed by atoms with van der Waals surface area (Å²) in [5, 5.41) is 0. The Morgan fingerprint density at radius 1 is 1.26 bits per heavy atom. The number of imide groups is 1. The van der Waals surface area contributed by atoms with Crippen molar-refractivity contribution in [2.24, 2.45) is 5.73 Å². The zero-order valence-corrected chi connectivity index (χ0v) is 13.9. The minimum absolute atomic E-state index is 0. The highest BCUT2D eigenvalue weighted by atomic mass is 35.5. The fourth-order valence-corrected chi connectivity index (χ4v) is 3.09. The van der Waals surface area contributed by atoms with Crippen molar-refractivity contribution in [2.75, 3.05) is 13.1 Å². The smallest absolute Gasteiger partial charge is 0.262 e.